The number of benzene rings is 2. The van der Waals surface area contributed by atoms with Crippen molar-refractivity contribution >= 4 is 106 Å². The van der Waals surface area contributed by atoms with Gasteiger partial charge >= 0.3 is 30.1 Å². The Hall–Kier alpha value is -6.54. The fourth-order valence-corrected chi connectivity index (χ4v) is 11.4. The topological polar surface area (TPSA) is 290 Å². The molecule has 3 saturated heterocycles. The zero-order valence-electron chi connectivity index (χ0n) is 51.3. The summed E-state index contributed by atoms with van der Waals surface area (Å²) in [7, 11) is 3.24. The predicted octanol–water partition coefficient (Wildman–Crippen LogP) is 7.79. The number of ether oxygens (including phenoxy) is 6. The van der Waals surface area contributed by atoms with Crippen LogP contribution in [0.1, 0.15) is 105 Å². The number of carbonyl (C=O) groups excluding carboxylic acids is 10. The standard InChI is InChI=1S/C28H31Cl2N3O9.C28H37Cl2N3O7.C4H11NO/c1-5-40-25(38)28-15-31(26(39)41-27(2,3)4)11-10-20(28)32(14-16-6-7-17(29)12-19(16)30)24(37)18(28)13-23(36)42-33-21(34)8-9-22(33)35;1-6-39-25(36)28-17-32(26(37)40-27(2,3)4)12-10-22(28)33(16-18-8-9-19(29)14-21(18)30)24(35)20(28)15-23(34)31-11-7-13-38-5;1-6-4-2-3-5/h6-7,10,12,18H,5,8-9,11,13-15H2,1-4H3;8-10,14,20H,6-7,11-13,15-17H2,1-5H3,(H,31,34);2-5H2,1H3/t18-,28-;20-,28-;/m11./s1. The summed E-state index contributed by atoms with van der Waals surface area (Å²) in [6, 6.07) is 9.67. The minimum absolute atomic E-state index is 0.00250. The lowest BCUT2D eigenvalue weighted by molar-refractivity contribution is -0.199. The molecule has 0 bridgehead atoms. The molecule has 24 nitrogen and oxygen atoms in total. The lowest BCUT2D eigenvalue weighted by Crippen LogP contribution is -2.54. The molecule has 3 fully saturated rings. The van der Waals surface area contributed by atoms with E-state index in [9.17, 15) is 47.9 Å². The van der Waals surface area contributed by atoms with Crippen LogP contribution >= 0.6 is 46.4 Å². The average Bonchev–Trinajstić information content (AvgIpc) is 1.67. The summed E-state index contributed by atoms with van der Waals surface area (Å²) in [5.74, 6) is -8.03. The number of hydroxylamine groups is 2. The van der Waals surface area contributed by atoms with E-state index in [0.717, 1.165) is 19.6 Å². The van der Waals surface area contributed by atoms with Crippen molar-refractivity contribution in [1.82, 2.24) is 30.0 Å². The molecule has 5 heterocycles. The number of carbonyl (C=O) groups is 10. The molecule has 0 radical (unpaired) electrons. The Bertz CT molecular complexity index is 2980. The second-order valence-electron chi connectivity index (χ2n) is 23.0. The van der Waals surface area contributed by atoms with E-state index >= 15 is 0 Å². The Morgan fingerprint density at radius 3 is 1.43 bits per heavy atom. The van der Waals surface area contributed by atoms with Gasteiger partial charge in [-0.2, -0.15) is 0 Å². The first-order valence-corrected chi connectivity index (χ1v) is 30.2. The number of likely N-dealkylation sites (tertiary alicyclic amines) is 2. The minimum atomic E-state index is -1.83. The summed E-state index contributed by atoms with van der Waals surface area (Å²) < 4.78 is 31.7. The largest absolute Gasteiger partial charge is 0.465 e. The smallest absolute Gasteiger partial charge is 0.410 e. The molecule has 4 atom stereocenters. The van der Waals surface area contributed by atoms with Gasteiger partial charge in [0.2, 0.25) is 17.7 Å². The molecule has 7 rings (SSSR count). The normalized spacial score (nSPS) is 20.6. The van der Waals surface area contributed by atoms with Crippen LogP contribution in [0.5, 0.6) is 0 Å². The molecule has 0 aromatic heterocycles. The van der Waals surface area contributed by atoms with Gasteiger partial charge in [0.25, 0.3) is 11.8 Å². The number of nitrogens with two attached hydrogens (primary N) is 1. The van der Waals surface area contributed by atoms with Crippen molar-refractivity contribution in [3.05, 3.63) is 91.2 Å². The van der Waals surface area contributed by atoms with Gasteiger partial charge < -0.3 is 63.9 Å². The number of fused-ring (bicyclic) bond motifs is 2. The Morgan fingerprint density at radius 2 is 1.06 bits per heavy atom. The Balaban J connectivity index is 0.000000294. The van der Waals surface area contributed by atoms with Gasteiger partial charge in [0.05, 0.1) is 44.6 Å². The van der Waals surface area contributed by atoms with Crippen LogP contribution < -0.4 is 11.1 Å². The molecule has 2 aromatic rings. The van der Waals surface area contributed by atoms with Crippen LogP contribution in [0.4, 0.5) is 9.59 Å². The SMILES string of the molecule is CCOC(=O)[C@@]12CN(C(=O)OC(C)(C)C)CC=C1N(Cc1ccc(Cl)cc1Cl)C(=O)[C@H]2CC(=O)NCCCOC.CCOC(=O)[C@@]12CN(C(=O)OC(C)(C)C)CC=C1N(Cc1ccc(Cl)cc1Cl)C(=O)[C@H]2CC(=O)ON1C(=O)CCC1=O.COCCCN. The summed E-state index contributed by atoms with van der Waals surface area (Å²) >= 11 is 24.9. The van der Waals surface area contributed by atoms with E-state index in [2.05, 4.69) is 5.32 Å². The molecular formula is C60H79Cl4N7O17. The molecule has 484 valence electrons. The van der Waals surface area contributed by atoms with Gasteiger partial charge in [-0.15, -0.1) is 5.06 Å². The van der Waals surface area contributed by atoms with Gasteiger partial charge in [0, 0.05) is 111 Å². The van der Waals surface area contributed by atoms with Crippen LogP contribution in [-0.2, 0) is 84.7 Å². The summed E-state index contributed by atoms with van der Waals surface area (Å²) in [5, 5.41) is 4.61. The van der Waals surface area contributed by atoms with Crippen LogP contribution in [-0.4, -0.2) is 175 Å². The second kappa shape index (κ2) is 31.8. The highest BCUT2D eigenvalue weighted by Crippen LogP contribution is 2.53. The summed E-state index contributed by atoms with van der Waals surface area (Å²) in [6.07, 6.45) is 2.17. The molecule has 2 aromatic carbocycles. The molecule has 0 unspecified atom stereocenters. The Kier molecular flexibility index (Phi) is 26.1. The number of amides is 7. The maximum atomic E-state index is 14.1. The zero-order chi connectivity index (χ0) is 65.5. The first kappa shape index (κ1) is 72.2. The Morgan fingerprint density at radius 1 is 0.636 bits per heavy atom. The maximum absolute atomic E-state index is 14.1. The van der Waals surface area contributed by atoms with Crippen molar-refractivity contribution in [3.63, 3.8) is 0 Å². The molecule has 0 spiro atoms. The molecule has 5 aliphatic rings. The number of rotatable bonds is 20. The summed E-state index contributed by atoms with van der Waals surface area (Å²) in [4.78, 5) is 143. The first-order valence-electron chi connectivity index (χ1n) is 28.7. The van der Waals surface area contributed by atoms with Crippen molar-refractivity contribution in [2.75, 3.05) is 79.9 Å². The summed E-state index contributed by atoms with van der Waals surface area (Å²) in [5.41, 5.74) is 1.78. The molecule has 28 heteroatoms. The lowest BCUT2D eigenvalue weighted by atomic mass is 9.71. The number of imide groups is 1. The molecule has 3 N–H and O–H groups in total. The number of methoxy groups -OCH3 is 2. The third-order valence-corrected chi connectivity index (χ3v) is 15.5. The highest BCUT2D eigenvalue weighted by molar-refractivity contribution is 6.35. The van der Waals surface area contributed by atoms with Crippen LogP contribution in [0.25, 0.3) is 0 Å². The van der Waals surface area contributed by atoms with Crippen LogP contribution in [0.2, 0.25) is 20.1 Å². The van der Waals surface area contributed by atoms with Crippen LogP contribution in [0.3, 0.4) is 0 Å². The van der Waals surface area contributed by atoms with E-state index < -0.39 is 99.9 Å². The van der Waals surface area contributed by atoms with E-state index in [0.29, 0.717) is 56.5 Å². The van der Waals surface area contributed by atoms with Crippen molar-refractivity contribution in [1.29, 1.82) is 0 Å². The Labute approximate surface area is 532 Å². The third kappa shape index (κ3) is 17.9. The maximum Gasteiger partial charge on any atom is 0.410 e. The number of hydrogen-bond donors (Lipinski definition) is 2. The van der Waals surface area contributed by atoms with E-state index in [-0.39, 0.29) is 82.5 Å². The van der Waals surface area contributed by atoms with E-state index in [4.69, 9.17) is 85.4 Å². The van der Waals surface area contributed by atoms with Gasteiger partial charge in [0.1, 0.15) is 22.0 Å². The fourth-order valence-electron chi connectivity index (χ4n) is 10.4. The second-order valence-corrected chi connectivity index (χ2v) is 24.7. The van der Waals surface area contributed by atoms with Gasteiger partial charge in [-0.3, -0.25) is 33.6 Å². The number of halogens is 4. The third-order valence-electron chi connectivity index (χ3n) is 14.3. The minimum Gasteiger partial charge on any atom is -0.465 e. The molecule has 0 aliphatic carbocycles. The van der Waals surface area contributed by atoms with E-state index in [1.54, 1.807) is 112 Å². The summed E-state index contributed by atoms with van der Waals surface area (Å²) in [6.45, 7) is 15.4. The quantitative estimate of drug-likeness (QED) is 0.0553. The highest BCUT2D eigenvalue weighted by atomic mass is 35.5. The molecule has 0 saturated carbocycles. The average molecular weight is 1310 g/mol. The highest BCUT2D eigenvalue weighted by Gasteiger charge is 2.66. The number of hydrogen-bond acceptors (Lipinski definition) is 18. The fraction of sp³-hybridized carbons (Fsp3) is 0.567. The van der Waals surface area contributed by atoms with E-state index in [1.165, 1.54) is 25.7 Å². The number of nitrogens with one attached hydrogen (secondary N) is 1. The molecule has 7 amide bonds. The van der Waals surface area contributed by atoms with Crippen molar-refractivity contribution in [2.45, 2.75) is 118 Å². The zero-order valence-corrected chi connectivity index (χ0v) is 54.3. The monoisotopic (exact) mass is 1310 g/mol. The van der Waals surface area contributed by atoms with Crippen molar-refractivity contribution in [3.8, 4) is 0 Å². The van der Waals surface area contributed by atoms with Gasteiger partial charge in [-0.05, 0) is 122 Å². The molecule has 88 heavy (non-hydrogen) atoms. The molecule has 5 aliphatic heterocycles. The van der Waals surface area contributed by atoms with Crippen LogP contribution in [0.15, 0.2) is 59.9 Å². The molecular weight excluding hydrogens is 1230 g/mol. The number of esters is 2. The van der Waals surface area contributed by atoms with Crippen molar-refractivity contribution in [2.24, 2.45) is 28.4 Å². The van der Waals surface area contributed by atoms with Gasteiger partial charge in [-0.25, -0.2) is 14.4 Å². The van der Waals surface area contributed by atoms with Gasteiger partial charge in [0.15, 0.2) is 0 Å². The lowest BCUT2D eigenvalue weighted by Gasteiger charge is -2.40. The van der Waals surface area contributed by atoms with Crippen molar-refractivity contribution < 1.29 is 81.2 Å². The number of nitrogens with zero attached hydrogens (tertiary/aromatic N) is 5. The van der Waals surface area contributed by atoms with Gasteiger partial charge in [-0.1, -0.05) is 58.5 Å². The first-order chi connectivity index (χ1) is 41.4. The van der Waals surface area contributed by atoms with E-state index in [1.807, 2.05) is 0 Å². The predicted molar refractivity (Wildman–Crippen MR) is 322 cm³/mol. The van der Waals surface area contributed by atoms with Crippen LogP contribution in [0, 0.1) is 22.7 Å².